The minimum atomic E-state index is 0.294. The fourth-order valence-corrected chi connectivity index (χ4v) is 4.93. The molecule has 1 saturated heterocycles. The highest BCUT2D eigenvalue weighted by atomic mass is 32.1. The van der Waals surface area contributed by atoms with Crippen molar-refractivity contribution in [1.29, 1.82) is 0 Å². The Bertz CT molecular complexity index is 642. The second-order valence-corrected chi connectivity index (χ2v) is 7.69. The zero-order valence-corrected chi connectivity index (χ0v) is 13.6. The van der Waals surface area contributed by atoms with Gasteiger partial charge in [0, 0.05) is 24.9 Å². The van der Waals surface area contributed by atoms with Crippen molar-refractivity contribution >= 4 is 27.5 Å². The van der Waals surface area contributed by atoms with E-state index in [-0.39, 0.29) is 0 Å². The van der Waals surface area contributed by atoms with Crippen molar-refractivity contribution in [2.24, 2.45) is 5.92 Å². The number of hydrogen-bond acceptors (Lipinski definition) is 3. The zero-order valence-electron chi connectivity index (χ0n) is 12.8. The molecule has 2 aromatic rings. The summed E-state index contributed by atoms with van der Waals surface area (Å²) in [6, 6.07) is 8.32. The number of rotatable bonds is 2. The third-order valence-corrected chi connectivity index (χ3v) is 6.31. The molecule has 1 aromatic carbocycles. The van der Waals surface area contributed by atoms with Crippen molar-refractivity contribution in [3.63, 3.8) is 0 Å². The van der Waals surface area contributed by atoms with Crippen LogP contribution in [0.5, 0.6) is 0 Å². The number of nitrogens with zero attached hydrogens (tertiary/aromatic N) is 2. The molecule has 1 aromatic heterocycles. The molecule has 1 atom stereocenters. The monoisotopic (exact) mass is 314 g/mol. The lowest BCUT2D eigenvalue weighted by atomic mass is 9.88. The molecule has 0 unspecified atom stereocenters. The molecule has 2 aliphatic rings. The molecule has 116 valence electrons. The average Bonchev–Trinajstić information content (AvgIpc) is 3.21. The van der Waals surface area contributed by atoms with Gasteiger partial charge < -0.3 is 4.90 Å². The first kappa shape index (κ1) is 14.2. The molecule has 1 aliphatic heterocycles. The quantitative estimate of drug-likeness (QED) is 0.832. The third kappa shape index (κ3) is 2.65. The molecule has 22 heavy (non-hydrogen) atoms. The fourth-order valence-electron chi connectivity index (χ4n) is 3.83. The number of carbonyl (C=O) groups is 1. The van der Waals surface area contributed by atoms with Crippen LogP contribution in [0.2, 0.25) is 0 Å². The summed E-state index contributed by atoms with van der Waals surface area (Å²) in [4.78, 5) is 19.5. The van der Waals surface area contributed by atoms with Gasteiger partial charge in [0.15, 0.2) is 0 Å². The number of hydrogen-bond donors (Lipinski definition) is 0. The van der Waals surface area contributed by atoms with E-state index < -0.39 is 0 Å². The van der Waals surface area contributed by atoms with Crippen LogP contribution in [0.3, 0.4) is 0 Å². The molecule has 4 rings (SSSR count). The molecule has 3 nitrogen and oxygen atoms in total. The summed E-state index contributed by atoms with van der Waals surface area (Å²) in [6.07, 6.45) is 7.02. The van der Waals surface area contributed by atoms with E-state index in [1.807, 2.05) is 6.07 Å². The molecule has 1 aliphatic carbocycles. The summed E-state index contributed by atoms with van der Waals surface area (Å²) in [5.41, 5.74) is 1.10. The molecule has 2 fully saturated rings. The van der Waals surface area contributed by atoms with Crippen molar-refractivity contribution in [3.05, 3.63) is 29.3 Å². The topological polar surface area (TPSA) is 33.2 Å². The first-order valence-electron chi connectivity index (χ1n) is 8.45. The second-order valence-electron chi connectivity index (χ2n) is 6.62. The molecule has 0 bridgehead atoms. The van der Waals surface area contributed by atoms with Crippen LogP contribution >= 0.6 is 11.3 Å². The maximum Gasteiger partial charge on any atom is 0.225 e. The molecule has 1 amide bonds. The van der Waals surface area contributed by atoms with Crippen molar-refractivity contribution in [3.8, 4) is 0 Å². The van der Waals surface area contributed by atoms with Crippen LogP contribution in [0.15, 0.2) is 24.3 Å². The number of carbonyl (C=O) groups excluding carboxylic acids is 1. The van der Waals surface area contributed by atoms with Crippen molar-refractivity contribution in [2.45, 2.75) is 44.4 Å². The summed E-state index contributed by atoms with van der Waals surface area (Å²) in [5, 5.41) is 1.21. The Morgan fingerprint density at radius 3 is 2.77 bits per heavy atom. The first-order valence-corrected chi connectivity index (χ1v) is 9.27. The zero-order chi connectivity index (χ0) is 14.9. The summed E-state index contributed by atoms with van der Waals surface area (Å²) < 4.78 is 1.26. The van der Waals surface area contributed by atoms with E-state index >= 15 is 0 Å². The lowest BCUT2D eigenvalue weighted by Crippen LogP contribution is -2.35. The number of likely N-dealkylation sites (tertiary alicyclic amines) is 1. The molecule has 0 N–H and O–H groups in total. The van der Waals surface area contributed by atoms with Gasteiger partial charge in [-0.15, -0.1) is 11.3 Å². The highest BCUT2D eigenvalue weighted by Crippen LogP contribution is 2.35. The molecule has 0 radical (unpaired) electrons. The van der Waals surface area contributed by atoms with Crippen LogP contribution in [0, 0.1) is 5.92 Å². The second kappa shape index (κ2) is 5.99. The van der Waals surface area contributed by atoms with Gasteiger partial charge in [-0.25, -0.2) is 4.98 Å². The van der Waals surface area contributed by atoms with Gasteiger partial charge >= 0.3 is 0 Å². The number of benzene rings is 1. The minimum absolute atomic E-state index is 0.294. The van der Waals surface area contributed by atoms with E-state index in [2.05, 4.69) is 23.1 Å². The van der Waals surface area contributed by atoms with Gasteiger partial charge in [-0.3, -0.25) is 4.79 Å². The highest BCUT2D eigenvalue weighted by Gasteiger charge is 2.33. The van der Waals surface area contributed by atoms with Crippen molar-refractivity contribution < 1.29 is 4.79 Å². The molecular weight excluding hydrogens is 292 g/mol. The van der Waals surface area contributed by atoms with Crippen LogP contribution in [-0.2, 0) is 4.79 Å². The molecule has 1 saturated carbocycles. The van der Waals surface area contributed by atoms with Gasteiger partial charge in [-0.1, -0.05) is 31.4 Å². The lowest BCUT2D eigenvalue weighted by molar-refractivity contribution is -0.135. The molecule has 4 heteroatoms. The fraction of sp³-hybridized carbons (Fsp3) is 0.556. The first-order chi connectivity index (χ1) is 10.8. The number of para-hydroxylation sites is 1. The van der Waals surface area contributed by atoms with E-state index in [9.17, 15) is 4.79 Å². The van der Waals surface area contributed by atoms with Crippen molar-refractivity contribution in [2.75, 3.05) is 13.1 Å². The van der Waals surface area contributed by atoms with Gasteiger partial charge in [0.25, 0.3) is 0 Å². The Hall–Kier alpha value is -1.42. The standard InChI is InChI=1S/C18H22N2OS/c21-18(13-6-2-1-3-7-13)20-11-10-14(12-20)17-19-15-8-4-5-9-16(15)22-17/h4-5,8-9,13-14H,1-3,6-7,10-12H2/t14-/m0/s1. The summed E-state index contributed by atoms with van der Waals surface area (Å²) in [7, 11) is 0. The van der Waals surface area contributed by atoms with Crippen LogP contribution in [0.4, 0.5) is 0 Å². The van der Waals surface area contributed by atoms with E-state index in [0.717, 1.165) is 37.9 Å². The number of thiazole rings is 1. The average molecular weight is 314 g/mol. The predicted molar refractivity (Wildman–Crippen MR) is 90.1 cm³/mol. The Balaban J connectivity index is 1.46. The summed E-state index contributed by atoms with van der Waals surface area (Å²) >= 11 is 1.79. The third-order valence-electron chi connectivity index (χ3n) is 5.11. The largest absolute Gasteiger partial charge is 0.342 e. The molecular formula is C18H22N2OS. The van der Waals surface area contributed by atoms with Crippen molar-refractivity contribution in [1.82, 2.24) is 9.88 Å². The van der Waals surface area contributed by atoms with E-state index in [4.69, 9.17) is 4.98 Å². The van der Waals surface area contributed by atoms with E-state index in [1.54, 1.807) is 11.3 Å². The predicted octanol–water partition coefficient (Wildman–Crippen LogP) is 4.19. The molecule has 2 heterocycles. The smallest absolute Gasteiger partial charge is 0.225 e. The number of fused-ring (bicyclic) bond motifs is 1. The van der Waals surface area contributed by atoms with Gasteiger partial charge in [0.1, 0.15) is 0 Å². The van der Waals surface area contributed by atoms with Gasteiger partial charge in [-0.05, 0) is 31.4 Å². The maximum atomic E-state index is 12.7. The van der Waals surface area contributed by atoms with Crippen LogP contribution in [0.1, 0.15) is 49.5 Å². The van der Waals surface area contributed by atoms with Crippen LogP contribution < -0.4 is 0 Å². The Kier molecular flexibility index (Phi) is 3.87. The Morgan fingerprint density at radius 1 is 1.14 bits per heavy atom. The van der Waals surface area contributed by atoms with Crippen LogP contribution in [0.25, 0.3) is 10.2 Å². The lowest BCUT2D eigenvalue weighted by Gasteiger charge is -2.26. The SMILES string of the molecule is O=C(C1CCCCC1)N1CC[C@H](c2nc3ccccc3s2)C1. The number of amides is 1. The maximum absolute atomic E-state index is 12.7. The highest BCUT2D eigenvalue weighted by molar-refractivity contribution is 7.18. The summed E-state index contributed by atoms with van der Waals surface area (Å²) in [6.45, 7) is 1.78. The summed E-state index contributed by atoms with van der Waals surface area (Å²) in [5.74, 6) is 1.14. The Labute approximate surface area is 135 Å². The van der Waals surface area contributed by atoms with E-state index in [1.165, 1.54) is 29.0 Å². The van der Waals surface area contributed by atoms with Crippen LogP contribution in [-0.4, -0.2) is 28.9 Å². The molecule has 0 spiro atoms. The number of aromatic nitrogens is 1. The normalized spacial score (nSPS) is 23.3. The Morgan fingerprint density at radius 2 is 1.95 bits per heavy atom. The van der Waals surface area contributed by atoms with Gasteiger partial charge in [-0.2, -0.15) is 0 Å². The van der Waals surface area contributed by atoms with Gasteiger partial charge in [0.05, 0.1) is 15.2 Å². The van der Waals surface area contributed by atoms with Gasteiger partial charge in [0.2, 0.25) is 5.91 Å². The minimum Gasteiger partial charge on any atom is -0.342 e. The van der Waals surface area contributed by atoms with E-state index in [0.29, 0.717) is 17.7 Å².